The minimum atomic E-state index is 0.547. The molecular formula is C9H13N5S. The van der Waals surface area contributed by atoms with Gasteiger partial charge in [-0.2, -0.15) is 5.10 Å². The van der Waals surface area contributed by atoms with Crippen LogP contribution in [0.3, 0.4) is 0 Å². The largest absolute Gasteiger partial charge is 0.354 e. The number of rotatable bonds is 2. The number of nitrogens with one attached hydrogen (secondary N) is 1. The van der Waals surface area contributed by atoms with Crippen LogP contribution >= 0.6 is 12.2 Å². The molecule has 6 heteroatoms. The SMILES string of the molecule is C/C(=N\NC(=S)N(C)C)c1ncccn1. The normalized spacial score (nSPS) is 11.0. The summed E-state index contributed by atoms with van der Waals surface area (Å²) in [5.41, 5.74) is 3.44. The van der Waals surface area contributed by atoms with E-state index in [2.05, 4.69) is 20.5 Å². The van der Waals surface area contributed by atoms with Gasteiger partial charge in [-0.25, -0.2) is 9.97 Å². The third kappa shape index (κ3) is 3.59. The molecule has 0 unspecified atom stereocenters. The van der Waals surface area contributed by atoms with Crippen molar-refractivity contribution in [2.45, 2.75) is 6.92 Å². The van der Waals surface area contributed by atoms with E-state index in [0.717, 1.165) is 0 Å². The lowest BCUT2D eigenvalue weighted by Crippen LogP contribution is -2.31. The maximum atomic E-state index is 5.01. The molecule has 0 aliphatic heterocycles. The van der Waals surface area contributed by atoms with Crippen molar-refractivity contribution in [3.63, 3.8) is 0 Å². The van der Waals surface area contributed by atoms with E-state index in [1.54, 1.807) is 23.4 Å². The predicted octanol–water partition coefficient (Wildman–Crippen LogP) is 0.637. The van der Waals surface area contributed by atoms with Crippen LogP contribution in [0.5, 0.6) is 0 Å². The zero-order valence-electron chi connectivity index (χ0n) is 8.93. The molecule has 1 heterocycles. The van der Waals surface area contributed by atoms with Crippen molar-refractivity contribution in [2.75, 3.05) is 14.1 Å². The highest BCUT2D eigenvalue weighted by Crippen LogP contribution is 1.90. The van der Waals surface area contributed by atoms with Crippen molar-refractivity contribution in [3.05, 3.63) is 24.3 Å². The molecule has 1 aromatic rings. The smallest absolute Gasteiger partial charge is 0.189 e. The number of thiocarbonyl (C=S) groups is 1. The van der Waals surface area contributed by atoms with E-state index in [9.17, 15) is 0 Å². The lowest BCUT2D eigenvalue weighted by Gasteiger charge is -2.12. The molecular weight excluding hydrogens is 210 g/mol. The fourth-order valence-corrected chi connectivity index (χ4v) is 0.813. The number of hydrogen-bond acceptors (Lipinski definition) is 4. The molecule has 80 valence electrons. The first kappa shape index (κ1) is 11.5. The van der Waals surface area contributed by atoms with Gasteiger partial charge in [-0.1, -0.05) is 0 Å². The predicted molar refractivity (Wildman–Crippen MR) is 63.7 cm³/mol. The first-order chi connectivity index (χ1) is 7.11. The van der Waals surface area contributed by atoms with E-state index >= 15 is 0 Å². The molecule has 15 heavy (non-hydrogen) atoms. The van der Waals surface area contributed by atoms with Crippen LogP contribution in [0.15, 0.2) is 23.6 Å². The van der Waals surface area contributed by atoms with Crippen LogP contribution in [-0.2, 0) is 0 Å². The summed E-state index contributed by atoms with van der Waals surface area (Å²) in [4.78, 5) is 9.89. The molecule has 0 radical (unpaired) electrons. The Morgan fingerprint density at radius 2 is 2.00 bits per heavy atom. The summed E-state index contributed by atoms with van der Waals surface area (Å²) in [6, 6.07) is 1.76. The fourth-order valence-electron chi connectivity index (χ4n) is 0.768. The summed E-state index contributed by atoms with van der Waals surface area (Å²) >= 11 is 5.01. The highest BCUT2D eigenvalue weighted by molar-refractivity contribution is 7.80. The van der Waals surface area contributed by atoms with Crippen LogP contribution in [0.4, 0.5) is 0 Å². The van der Waals surface area contributed by atoms with Gasteiger partial charge in [0.05, 0.1) is 0 Å². The second kappa shape index (κ2) is 5.35. The Balaban J connectivity index is 2.65. The second-order valence-corrected chi connectivity index (χ2v) is 3.47. The van der Waals surface area contributed by atoms with Crippen LogP contribution in [0, 0.1) is 0 Å². The minimum absolute atomic E-state index is 0.547. The van der Waals surface area contributed by atoms with Crippen LogP contribution in [0.25, 0.3) is 0 Å². The summed E-state index contributed by atoms with van der Waals surface area (Å²) in [6.45, 7) is 1.82. The van der Waals surface area contributed by atoms with E-state index in [4.69, 9.17) is 12.2 Å². The molecule has 1 rings (SSSR count). The van der Waals surface area contributed by atoms with Crippen LogP contribution < -0.4 is 5.43 Å². The summed E-state index contributed by atoms with van der Waals surface area (Å²) in [5.74, 6) is 0.589. The van der Waals surface area contributed by atoms with Crippen molar-refractivity contribution in [1.29, 1.82) is 0 Å². The van der Waals surface area contributed by atoms with Gasteiger partial charge in [0.25, 0.3) is 0 Å². The van der Waals surface area contributed by atoms with Gasteiger partial charge in [0.2, 0.25) is 0 Å². The first-order valence-electron chi connectivity index (χ1n) is 4.40. The highest BCUT2D eigenvalue weighted by atomic mass is 32.1. The Kier molecular flexibility index (Phi) is 4.11. The van der Waals surface area contributed by atoms with Crippen molar-refractivity contribution in [2.24, 2.45) is 5.10 Å². The maximum Gasteiger partial charge on any atom is 0.189 e. The highest BCUT2D eigenvalue weighted by Gasteiger charge is 2.00. The fraction of sp³-hybridized carbons (Fsp3) is 0.333. The standard InChI is InChI=1S/C9H13N5S/c1-7(8-10-5-4-6-11-8)12-13-9(15)14(2)3/h4-6H,1-3H3,(H,13,15)/b12-7+. The van der Waals surface area contributed by atoms with Gasteiger partial charge < -0.3 is 4.90 Å². The Morgan fingerprint density at radius 1 is 1.40 bits per heavy atom. The third-order valence-electron chi connectivity index (χ3n) is 1.61. The van der Waals surface area contributed by atoms with Crippen molar-refractivity contribution >= 4 is 23.0 Å². The number of hydrazone groups is 1. The molecule has 0 fully saturated rings. The lowest BCUT2D eigenvalue weighted by molar-refractivity contribution is 0.606. The second-order valence-electron chi connectivity index (χ2n) is 3.08. The zero-order valence-corrected chi connectivity index (χ0v) is 9.75. The topological polar surface area (TPSA) is 53.4 Å². The van der Waals surface area contributed by atoms with E-state index in [1.165, 1.54) is 0 Å². The summed E-state index contributed by atoms with van der Waals surface area (Å²) in [6.07, 6.45) is 3.34. The zero-order chi connectivity index (χ0) is 11.3. The van der Waals surface area contributed by atoms with Gasteiger partial charge in [-0.05, 0) is 25.2 Å². The number of hydrogen-bond donors (Lipinski definition) is 1. The lowest BCUT2D eigenvalue weighted by atomic mass is 10.4. The molecule has 0 aliphatic carbocycles. The van der Waals surface area contributed by atoms with E-state index in [1.807, 2.05) is 21.0 Å². The average molecular weight is 223 g/mol. The molecule has 0 atom stereocenters. The van der Waals surface area contributed by atoms with Crippen molar-refractivity contribution in [1.82, 2.24) is 20.3 Å². The molecule has 0 aromatic carbocycles. The van der Waals surface area contributed by atoms with Crippen molar-refractivity contribution in [3.8, 4) is 0 Å². The van der Waals surface area contributed by atoms with E-state index in [0.29, 0.717) is 16.6 Å². The summed E-state index contributed by atoms with van der Waals surface area (Å²) < 4.78 is 0. The number of aromatic nitrogens is 2. The molecule has 0 bridgehead atoms. The van der Waals surface area contributed by atoms with E-state index in [-0.39, 0.29) is 0 Å². The van der Waals surface area contributed by atoms with Crippen LogP contribution in [-0.4, -0.2) is 39.8 Å². The number of nitrogens with zero attached hydrogens (tertiary/aromatic N) is 4. The molecule has 0 saturated heterocycles. The van der Waals surface area contributed by atoms with Gasteiger partial charge in [-0.3, -0.25) is 5.43 Å². The van der Waals surface area contributed by atoms with Crippen LogP contribution in [0.1, 0.15) is 12.7 Å². The Hall–Kier alpha value is -1.56. The minimum Gasteiger partial charge on any atom is -0.354 e. The quantitative estimate of drug-likeness (QED) is 0.453. The van der Waals surface area contributed by atoms with Gasteiger partial charge in [0, 0.05) is 26.5 Å². The van der Waals surface area contributed by atoms with Gasteiger partial charge in [0.1, 0.15) is 5.71 Å². The molecule has 0 spiro atoms. The van der Waals surface area contributed by atoms with Gasteiger partial charge >= 0.3 is 0 Å². The van der Waals surface area contributed by atoms with Gasteiger partial charge in [-0.15, -0.1) is 0 Å². The van der Waals surface area contributed by atoms with Crippen molar-refractivity contribution < 1.29 is 0 Å². The Morgan fingerprint density at radius 3 is 2.53 bits per heavy atom. The Bertz CT molecular complexity index is 360. The Labute approximate surface area is 94.2 Å². The van der Waals surface area contributed by atoms with Gasteiger partial charge in [0.15, 0.2) is 10.9 Å². The molecule has 0 aliphatic rings. The molecule has 1 aromatic heterocycles. The molecule has 5 nitrogen and oxygen atoms in total. The first-order valence-corrected chi connectivity index (χ1v) is 4.81. The molecule has 0 saturated carbocycles. The maximum absolute atomic E-state index is 5.01. The monoisotopic (exact) mass is 223 g/mol. The molecule has 0 amide bonds. The average Bonchev–Trinajstić information content (AvgIpc) is 2.26. The summed E-state index contributed by atoms with van der Waals surface area (Å²) in [5, 5.41) is 4.62. The molecule has 1 N–H and O–H groups in total. The summed E-state index contributed by atoms with van der Waals surface area (Å²) in [7, 11) is 3.69. The third-order valence-corrected chi connectivity index (χ3v) is 2.07. The van der Waals surface area contributed by atoms with Crippen LogP contribution in [0.2, 0.25) is 0 Å². The van der Waals surface area contributed by atoms with E-state index < -0.39 is 0 Å².